The number of benzene rings is 2. The van der Waals surface area contributed by atoms with Crippen molar-refractivity contribution in [2.45, 2.75) is 6.54 Å². The van der Waals surface area contributed by atoms with E-state index in [1.807, 2.05) is 0 Å². The lowest BCUT2D eigenvalue weighted by Gasteiger charge is -2.25. The third-order valence-corrected chi connectivity index (χ3v) is 4.47. The Labute approximate surface area is 132 Å². The topological polar surface area (TPSA) is 19.0 Å². The van der Waals surface area contributed by atoms with Gasteiger partial charge in [-0.05, 0) is 23.8 Å². The molecule has 2 aromatic carbocycles. The molecule has 1 aromatic heterocycles. The van der Waals surface area contributed by atoms with Crippen LogP contribution in [0.4, 0.5) is 5.82 Å². The van der Waals surface area contributed by atoms with Crippen molar-refractivity contribution in [3.63, 3.8) is 0 Å². The molecule has 0 radical (unpaired) electrons. The number of anilines is 1. The summed E-state index contributed by atoms with van der Waals surface area (Å²) in [6.45, 7) is 1.85. The Kier molecular flexibility index (Phi) is 3.08. The zero-order valence-corrected chi connectivity index (χ0v) is 13.1. The normalized spacial score (nSPS) is 13.7. The predicted molar refractivity (Wildman–Crippen MR) is 92.5 cm³/mol. The largest absolute Gasteiger partial charge is 0.350 e. The van der Waals surface area contributed by atoms with E-state index in [1.54, 1.807) is 0 Å². The Morgan fingerprint density at radius 2 is 1.86 bits per heavy atom. The van der Waals surface area contributed by atoms with E-state index in [9.17, 15) is 0 Å². The maximum atomic E-state index is 3.56. The fraction of sp³-hybridized carbons (Fsp3) is 0.111. The second kappa shape index (κ2) is 5.08. The molecule has 0 atom stereocenters. The van der Waals surface area contributed by atoms with E-state index in [-0.39, 0.29) is 0 Å². The van der Waals surface area contributed by atoms with Crippen LogP contribution in [0.1, 0.15) is 11.1 Å². The lowest BCUT2D eigenvalue weighted by atomic mass is 10.1. The number of aromatic amines is 1. The highest BCUT2D eigenvalue weighted by Gasteiger charge is 2.18. The molecule has 0 unspecified atom stereocenters. The summed E-state index contributed by atoms with van der Waals surface area (Å²) in [7, 11) is 0. The fourth-order valence-electron chi connectivity index (χ4n) is 2.91. The summed E-state index contributed by atoms with van der Waals surface area (Å²) < 4.78 is 1.12. The number of nitrogens with one attached hydrogen (secondary N) is 1. The second-order valence-electron chi connectivity index (χ2n) is 5.34. The first-order valence-electron chi connectivity index (χ1n) is 7.08. The molecule has 2 heterocycles. The summed E-state index contributed by atoms with van der Waals surface area (Å²) >= 11 is 3.49. The first-order valence-corrected chi connectivity index (χ1v) is 7.87. The lowest BCUT2D eigenvalue weighted by molar-refractivity contribution is 0.847. The van der Waals surface area contributed by atoms with Crippen molar-refractivity contribution in [3.05, 3.63) is 70.2 Å². The van der Waals surface area contributed by atoms with Gasteiger partial charge in [-0.1, -0.05) is 58.4 Å². The molecule has 3 heteroatoms. The van der Waals surface area contributed by atoms with Crippen LogP contribution in [-0.2, 0) is 6.54 Å². The molecular formula is C18H15BrN2. The van der Waals surface area contributed by atoms with Gasteiger partial charge in [0.05, 0.1) is 0 Å². The van der Waals surface area contributed by atoms with E-state index >= 15 is 0 Å². The van der Waals surface area contributed by atoms with Crippen LogP contribution in [0.2, 0.25) is 0 Å². The Balaban J connectivity index is 1.73. The van der Waals surface area contributed by atoms with Crippen LogP contribution < -0.4 is 4.90 Å². The van der Waals surface area contributed by atoms with E-state index in [0.29, 0.717) is 0 Å². The maximum absolute atomic E-state index is 3.56. The SMILES string of the molecule is Brc1ccc(CN2CC=Cc3c2[nH]c2ccccc32)cc1. The summed E-state index contributed by atoms with van der Waals surface area (Å²) in [5.74, 6) is 1.22. The van der Waals surface area contributed by atoms with Crippen molar-refractivity contribution in [2.75, 3.05) is 11.4 Å². The first kappa shape index (κ1) is 12.7. The van der Waals surface area contributed by atoms with Gasteiger partial charge >= 0.3 is 0 Å². The maximum Gasteiger partial charge on any atom is 0.114 e. The average molecular weight is 339 g/mol. The predicted octanol–water partition coefficient (Wildman–Crippen LogP) is 4.96. The molecule has 1 N–H and O–H groups in total. The molecule has 3 aromatic rings. The molecule has 0 saturated heterocycles. The van der Waals surface area contributed by atoms with Crippen molar-refractivity contribution in [1.82, 2.24) is 4.98 Å². The summed E-state index contributed by atoms with van der Waals surface area (Å²) in [6, 6.07) is 17.0. The number of hydrogen-bond acceptors (Lipinski definition) is 1. The molecular weight excluding hydrogens is 324 g/mol. The summed E-state index contributed by atoms with van der Waals surface area (Å²) in [4.78, 5) is 5.95. The van der Waals surface area contributed by atoms with Crippen LogP contribution in [0.5, 0.6) is 0 Å². The molecule has 4 rings (SSSR count). The number of fused-ring (bicyclic) bond motifs is 3. The van der Waals surface area contributed by atoms with Gasteiger partial charge in [-0.3, -0.25) is 0 Å². The zero-order chi connectivity index (χ0) is 14.2. The van der Waals surface area contributed by atoms with Crippen molar-refractivity contribution in [1.29, 1.82) is 0 Å². The van der Waals surface area contributed by atoms with E-state index in [4.69, 9.17) is 0 Å². The average Bonchev–Trinajstić information content (AvgIpc) is 2.89. The standard InChI is InChI=1S/C18H15BrN2/c19-14-9-7-13(8-10-14)12-21-11-3-5-16-15-4-1-2-6-17(15)20-18(16)21/h1-10,20H,11-12H2. The van der Waals surface area contributed by atoms with Gasteiger partial charge in [-0.15, -0.1) is 0 Å². The highest BCUT2D eigenvalue weighted by atomic mass is 79.9. The molecule has 1 aliphatic heterocycles. The van der Waals surface area contributed by atoms with E-state index in [1.165, 1.54) is 27.8 Å². The molecule has 1 aliphatic rings. The fourth-order valence-corrected chi connectivity index (χ4v) is 3.17. The van der Waals surface area contributed by atoms with Crippen molar-refractivity contribution in [3.8, 4) is 0 Å². The van der Waals surface area contributed by atoms with Gasteiger partial charge in [-0.2, -0.15) is 0 Å². The van der Waals surface area contributed by atoms with Crippen LogP contribution in [0.3, 0.4) is 0 Å². The monoisotopic (exact) mass is 338 g/mol. The smallest absolute Gasteiger partial charge is 0.114 e. The van der Waals surface area contributed by atoms with Crippen LogP contribution in [0.15, 0.2) is 59.1 Å². The summed E-state index contributed by atoms with van der Waals surface area (Å²) in [5, 5.41) is 1.30. The van der Waals surface area contributed by atoms with E-state index in [2.05, 4.69) is 86.5 Å². The number of aromatic nitrogens is 1. The quantitative estimate of drug-likeness (QED) is 0.699. The second-order valence-corrected chi connectivity index (χ2v) is 6.26. The van der Waals surface area contributed by atoms with Gasteiger partial charge in [0, 0.05) is 34.0 Å². The first-order chi connectivity index (χ1) is 10.3. The number of halogens is 1. The van der Waals surface area contributed by atoms with E-state index < -0.39 is 0 Å². The highest BCUT2D eigenvalue weighted by molar-refractivity contribution is 9.10. The van der Waals surface area contributed by atoms with Gasteiger partial charge in [0.25, 0.3) is 0 Å². The Morgan fingerprint density at radius 3 is 2.71 bits per heavy atom. The van der Waals surface area contributed by atoms with Crippen molar-refractivity contribution < 1.29 is 0 Å². The van der Waals surface area contributed by atoms with Crippen molar-refractivity contribution in [2.24, 2.45) is 0 Å². The van der Waals surface area contributed by atoms with Gasteiger partial charge in [0.1, 0.15) is 5.82 Å². The lowest BCUT2D eigenvalue weighted by Crippen LogP contribution is -2.25. The van der Waals surface area contributed by atoms with Crippen LogP contribution in [0.25, 0.3) is 17.0 Å². The molecule has 0 saturated carbocycles. The third-order valence-electron chi connectivity index (χ3n) is 3.94. The van der Waals surface area contributed by atoms with Gasteiger partial charge < -0.3 is 9.88 Å². The number of nitrogens with zero attached hydrogens (tertiary/aromatic N) is 1. The van der Waals surface area contributed by atoms with Gasteiger partial charge in [0.15, 0.2) is 0 Å². The molecule has 0 spiro atoms. The Bertz CT molecular complexity index is 815. The number of rotatable bonds is 2. The van der Waals surface area contributed by atoms with Gasteiger partial charge in [0.2, 0.25) is 0 Å². The molecule has 104 valence electrons. The van der Waals surface area contributed by atoms with E-state index in [0.717, 1.165) is 17.6 Å². The number of para-hydroxylation sites is 1. The van der Waals surface area contributed by atoms with Gasteiger partial charge in [-0.25, -0.2) is 0 Å². The Morgan fingerprint density at radius 1 is 1.05 bits per heavy atom. The summed E-state index contributed by atoms with van der Waals surface area (Å²) in [6.07, 6.45) is 4.47. The Hall–Kier alpha value is -2.00. The summed E-state index contributed by atoms with van der Waals surface area (Å²) in [5.41, 5.74) is 3.82. The number of H-pyrrole nitrogens is 1. The minimum absolute atomic E-state index is 0.914. The van der Waals surface area contributed by atoms with Crippen LogP contribution in [0, 0.1) is 0 Å². The molecule has 0 aliphatic carbocycles. The van der Waals surface area contributed by atoms with Crippen LogP contribution >= 0.6 is 15.9 Å². The van der Waals surface area contributed by atoms with Crippen LogP contribution in [-0.4, -0.2) is 11.5 Å². The molecule has 0 fully saturated rings. The highest BCUT2D eigenvalue weighted by Crippen LogP contribution is 2.33. The molecule has 0 bridgehead atoms. The number of hydrogen-bond donors (Lipinski definition) is 1. The molecule has 0 amide bonds. The molecule has 21 heavy (non-hydrogen) atoms. The van der Waals surface area contributed by atoms with Crippen molar-refractivity contribution >= 4 is 38.7 Å². The minimum atomic E-state index is 0.914. The minimum Gasteiger partial charge on any atom is -0.350 e. The molecule has 2 nitrogen and oxygen atoms in total. The third kappa shape index (κ3) is 2.28. The zero-order valence-electron chi connectivity index (χ0n) is 11.5.